The maximum Gasteiger partial charge on any atom is 0.243 e. The number of hydrogen-bond donors (Lipinski definition) is 1. The SMILES string of the molecule is Cc1ccc(N)c(C)c1S(=O)(=O)N1CC(C)OC(C)(C)C1. The summed E-state index contributed by atoms with van der Waals surface area (Å²) >= 11 is 0. The van der Waals surface area contributed by atoms with Gasteiger partial charge in [-0.3, -0.25) is 0 Å². The number of sulfonamides is 1. The van der Waals surface area contributed by atoms with E-state index in [9.17, 15) is 8.42 Å². The van der Waals surface area contributed by atoms with Crippen LogP contribution in [0.2, 0.25) is 0 Å². The molecule has 6 heteroatoms. The first-order chi connectivity index (χ1) is 9.54. The monoisotopic (exact) mass is 312 g/mol. The second-order valence-electron chi connectivity index (χ2n) is 6.41. The zero-order chi connectivity index (χ0) is 16.0. The smallest absolute Gasteiger partial charge is 0.243 e. The number of aryl methyl sites for hydroxylation is 1. The molecule has 0 radical (unpaired) electrons. The van der Waals surface area contributed by atoms with E-state index in [4.69, 9.17) is 10.5 Å². The van der Waals surface area contributed by atoms with E-state index in [2.05, 4.69) is 0 Å². The van der Waals surface area contributed by atoms with Gasteiger partial charge in [-0.1, -0.05) is 6.07 Å². The standard InChI is InChI=1S/C15H24N2O3S/c1-10-6-7-13(16)12(3)14(10)21(18,19)17-8-11(2)20-15(4,5)9-17/h6-7,11H,8-9,16H2,1-5H3. The van der Waals surface area contributed by atoms with Crippen LogP contribution in [0, 0.1) is 13.8 Å². The average molecular weight is 312 g/mol. The third-order valence-corrected chi connectivity index (χ3v) is 5.88. The lowest BCUT2D eigenvalue weighted by Crippen LogP contribution is -2.53. The largest absolute Gasteiger partial charge is 0.398 e. The van der Waals surface area contributed by atoms with Crippen LogP contribution < -0.4 is 5.73 Å². The average Bonchev–Trinajstić information content (AvgIpc) is 2.31. The molecule has 0 bridgehead atoms. The molecule has 1 saturated heterocycles. The zero-order valence-corrected chi connectivity index (χ0v) is 14.1. The summed E-state index contributed by atoms with van der Waals surface area (Å²) < 4.78 is 33.4. The maximum atomic E-state index is 13.0. The van der Waals surface area contributed by atoms with Crippen LogP contribution >= 0.6 is 0 Å². The molecule has 1 fully saturated rings. The molecule has 1 aliphatic heterocycles. The van der Waals surface area contributed by atoms with E-state index in [1.807, 2.05) is 20.8 Å². The minimum Gasteiger partial charge on any atom is -0.398 e. The van der Waals surface area contributed by atoms with E-state index < -0.39 is 15.6 Å². The molecule has 2 N–H and O–H groups in total. The third kappa shape index (κ3) is 3.07. The van der Waals surface area contributed by atoms with Crippen molar-refractivity contribution < 1.29 is 13.2 Å². The molecular weight excluding hydrogens is 288 g/mol. The number of nitrogens with two attached hydrogens (primary N) is 1. The molecule has 0 saturated carbocycles. The Balaban J connectivity index is 2.50. The van der Waals surface area contributed by atoms with Gasteiger partial charge in [-0.05, 0) is 51.8 Å². The summed E-state index contributed by atoms with van der Waals surface area (Å²) in [6.45, 7) is 9.96. The Morgan fingerprint density at radius 2 is 1.95 bits per heavy atom. The molecule has 1 aliphatic rings. The number of morpholine rings is 1. The Bertz CT molecular complexity index is 653. The molecule has 21 heavy (non-hydrogen) atoms. The van der Waals surface area contributed by atoms with Crippen molar-refractivity contribution in [1.29, 1.82) is 0 Å². The number of nitrogen functional groups attached to an aromatic ring is 1. The van der Waals surface area contributed by atoms with Gasteiger partial charge < -0.3 is 10.5 Å². The summed E-state index contributed by atoms with van der Waals surface area (Å²) in [6, 6.07) is 3.50. The van der Waals surface area contributed by atoms with Crippen molar-refractivity contribution in [2.45, 2.75) is 51.2 Å². The first-order valence-corrected chi connectivity index (χ1v) is 8.52. The lowest BCUT2D eigenvalue weighted by molar-refractivity contribution is -0.109. The van der Waals surface area contributed by atoms with Crippen molar-refractivity contribution in [3.8, 4) is 0 Å². The van der Waals surface area contributed by atoms with Gasteiger partial charge in [0, 0.05) is 18.8 Å². The highest BCUT2D eigenvalue weighted by molar-refractivity contribution is 7.89. The highest BCUT2D eigenvalue weighted by Crippen LogP contribution is 2.31. The van der Waals surface area contributed by atoms with Crippen molar-refractivity contribution in [2.75, 3.05) is 18.8 Å². The fraction of sp³-hybridized carbons (Fsp3) is 0.600. The second kappa shape index (κ2) is 5.26. The molecule has 0 amide bonds. The minimum absolute atomic E-state index is 0.134. The molecule has 0 spiro atoms. The van der Waals surface area contributed by atoms with E-state index in [1.54, 1.807) is 26.0 Å². The van der Waals surface area contributed by atoms with Crippen molar-refractivity contribution >= 4 is 15.7 Å². The van der Waals surface area contributed by atoms with Crippen molar-refractivity contribution in [3.63, 3.8) is 0 Å². The van der Waals surface area contributed by atoms with Gasteiger partial charge in [0.1, 0.15) is 0 Å². The number of rotatable bonds is 2. The molecule has 1 aromatic carbocycles. The van der Waals surface area contributed by atoms with Crippen molar-refractivity contribution in [1.82, 2.24) is 4.31 Å². The summed E-state index contributed by atoms with van der Waals surface area (Å²) in [7, 11) is -3.58. The number of benzene rings is 1. The fourth-order valence-electron chi connectivity index (χ4n) is 2.95. The van der Waals surface area contributed by atoms with E-state index in [0.29, 0.717) is 29.2 Å². The third-order valence-electron chi connectivity index (χ3n) is 3.78. The molecule has 5 nitrogen and oxygen atoms in total. The van der Waals surface area contributed by atoms with Crippen molar-refractivity contribution in [2.24, 2.45) is 0 Å². The predicted molar refractivity (Wildman–Crippen MR) is 83.7 cm³/mol. The molecule has 118 valence electrons. The van der Waals surface area contributed by atoms with Crippen LogP contribution in [0.3, 0.4) is 0 Å². The molecular formula is C15H24N2O3S. The predicted octanol–water partition coefficient (Wildman–Crippen LogP) is 2.07. The van der Waals surface area contributed by atoms with Gasteiger partial charge >= 0.3 is 0 Å². The van der Waals surface area contributed by atoms with Gasteiger partial charge in [0.05, 0.1) is 16.6 Å². The second-order valence-corrected chi connectivity index (χ2v) is 8.29. The highest BCUT2D eigenvalue weighted by Gasteiger charge is 2.39. The van der Waals surface area contributed by atoms with Crippen LogP contribution in [0.25, 0.3) is 0 Å². The van der Waals surface area contributed by atoms with E-state index in [1.165, 1.54) is 4.31 Å². The maximum absolute atomic E-state index is 13.0. The summed E-state index contributed by atoms with van der Waals surface area (Å²) in [5.74, 6) is 0. The number of ether oxygens (including phenoxy) is 1. The van der Waals surface area contributed by atoms with Crippen LogP contribution in [0.1, 0.15) is 31.9 Å². The molecule has 0 aliphatic carbocycles. The molecule has 0 aromatic heterocycles. The summed E-state index contributed by atoms with van der Waals surface area (Å²) in [5.41, 5.74) is 7.23. The van der Waals surface area contributed by atoms with Gasteiger partial charge in [-0.15, -0.1) is 0 Å². The summed E-state index contributed by atoms with van der Waals surface area (Å²) in [6.07, 6.45) is -0.134. The number of nitrogens with zero attached hydrogens (tertiary/aromatic N) is 1. The Morgan fingerprint density at radius 1 is 1.33 bits per heavy atom. The van der Waals surface area contributed by atoms with Gasteiger partial charge in [0.2, 0.25) is 10.0 Å². The quantitative estimate of drug-likeness (QED) is 0.849. The van der Waals surface area contributed by atoms with E-state index in [0.717, 1.165) is 5.56 Å². The fourth-order valence-corrected chi connectivity index (χ4v) is 5.07. The first-order valence-electron chi connectivity index (χ1n) is 7.08. The molecule has 1 aromatic rings. The lowest BCUT2D eigenvalue weighted by Gasteiger charge is -2.41. The molecule has 1 heterocycles. The first kappa shape index (κ1) is 16.3. The Hall–Kier alpha value is -1.11. The Labute approximate surface area is 127 Å². The Kier molecular flexibility index (Phi) is 4.08. The zero-order valence-electron chi connectivity index (χ0n) is 13.3. The number of anilines is 1. The Morgan fingerprint density at radius 3 is 2.52 bits per heavy atom. The van der Waals surface area contributed by atoms with Crippen LogP contribution in [-0.2, 0) is 14.8 Å². The molecule has 2 rings (SSSR count). The minimum atomic E-state index is -3.58. The van der Waals surface area contributed by atoms with Gasteiger partial charge in [-0.25, -0.2) is 8.42 Å². The highest BCUT2D eigenvalue weighted by atomic mass is 32.2. The van der Waals surface area contributed by atoms with E-state index in [-0.39, 0.29) is 6.10 Å². The van der Waals surface area contributed by atoms with Crippen LogP contribution in [0.5, 0.6) is 0 Å². The summed E-state index contributed by atoms with van der Waals surface area (Å²) in [5, 5.41) is 0. The van der Waals surface area contributed by atoms with E-state index >= 15 is 0 Å². The van der Waals surface area contributed by atoms with Crippen LogP contribution in [0.4, 0.5) is 5.69 Å². The van der Waals surface area contributed by atoms with Gasteiger partial charge in [0.25, 0.3) is 0 Å². The topological polar surface area (TPSA) is 72.6 Å². The number of hydrogen-bond acceptors (Lipinski definition) is 4. The van der Waals surface area contributed by atoms with Crippen LogP contribution in [-0.4, -0.2) is 37.5 Å². The molecule has 1 unspecified atom stereocenters. The van der Waals surface area contributed by atoms with Gasteiger partial charge in [0.15, 0.2) is 0 Å². The normalized spacial score (nSPS) is 23.2. The van der Waals surface area contributed by atoms with Gasteiger partial charge in [-0.2, -0.15) is 4.31 Å². The summed E-state index contributed by atoms with van der Waals surface area (Å²) in [4.78, 5) is 0.326. The lowest BCUT2D eigenvalue weighted by atomic mass is 10.1. The molecule has 1 atom stereocenters. The van der Waals surface area contributed by atoms with Crippen molar-refractivity contribution in [3.05, 3.63) is 23.3 Å². The van der Waals surface area contributed by atoms with Crippen LogP contribution in [0.15, 0.2) is 17.0 Å².